The van der Waals surface area contributed by atoms with Crippen molar-refractivity contribution in [1.82, 2.24) is 5.32 Å². The van der Waals surface area contributed by atoms with Gasteiger partial charge in [0.15, 0.2) is 0 Å². The van der Waals surface area contributed by atoms with Crippen LogP contribution >= 0.6 is 12.4 Å². The molecule has 0 aromatic rings. The van der Waals surface area contributed by atoms with E-state index in [9.17, 15) is 4.79 Å². The zero-order chi connectivity index (χ0) is 12.5. The summed E-state index contributed by atoms with van der Waals surface area (Å²) in [6.45, 7) is 7.03. The minimum absolute atomic E-state index is 0. The van der Waals surface area contributed by atoms with Crippen LogP contribution in [0.25, 0.3) is 0 Å². The van der Waals surface area contributed by atoms with Gasteiger partial charge >= 0.3 is 0 Å². The molecule has 0 aromatic heterocycles. The third-order valence-electron chi connectivity index (χ3n) is 4.55. The van der Waals surface area contributed by atoms with E-state index in [1.165, 1.54) is 6.42 Å². The summed E-state index contributed by atoms with van der Waals surface area (Å²) in [5, 5.41) is 3.09. The van der Waals surface area contributed by atoms with Crippen molar-refractivity contribution < 1.29 is 9.53 Å². The largest absolute Gasteiger partial charge is 0.381 e. The number of nitrogens with one attached hydrogen (secondary N) is 1. The molecular weight excluding hydrogens is 252 g/mol. The molecule has 1 saturated carbocycles. The lowest BCUT2D eigenvalue weighted by Crippen LogP contribution is -2.49. The molecule has 0 aromatic carbocycles. The number of carbonyl (C=O) groups excluding carboxylic acids is 1. The minimum Gasteiger partial charge on any atom is -0.381 e. The van der Waals surface area contributed by atoms with Gasteiger partial charge in [-0.3, -0.25) is 4.79 Å². The van der Waals surface area contributed by atoms with Gasteiger partial charge < -0.3 is 15.8 Å². The molecule has 18 heavy (non-hydrogen) atoms. The van der Waals surface area contributed by atoms with Crippen molar-refractivity contribution in [3.05, 3.63) is 0 Å². The molecule has 1 atom stereocenters. The molecule has 0 spiro atoms. The Morgan fingerprint density at radius 2 is 1.94 bits per heavy atom. The highest BCUT2D eigenvalue weighted by atomic mass is 35.5. The van der Waals surface area contributed by atoms with Crippen molar-refractivity contribution >= 4 is 18.3 Å². The zero-order valence-corrected chi connectivity index (χ0v) is 12.1. The van der Waals surface area contributed by atoms with Gasteiger partial charge in [0.2, 0.25) is 5.91 Å². The first-order valence-corrected chi connectivity index (χ1v) is 6.56. The average Bonchev–Trinajstić information content (AvgIpc) is 2.95. The van der Waals surface area contributed by atoms with Gasteiger partial charge in [-0.25, -0.2) is 0 Å². The van der Waals surface area contributed by atoms with Gasteiger partial charge in [-0.15, -0.1) is 12.4 Å². The van der Waals surface area contributed by atoms with Crippen LogP contribution in [0.15, 0.2) is 0 Å². The lowest BCUT2D eigenvalue weighted by Gasteiger charge is -2.34. The van der Waals surface area contributed by atoms with Gasteiger partial charge in [0.25, 0.3) is 0 Å². The molecular formula is C13H25ClN2O2. The van der Waals surface area contributed by atoms with Crippen LogP contribution in [0.3, 0.4) is 0 Å². The topological polar surface area (TPSA) is 64.4 Å². The lowest BCUT2D eigenvalue weighted by molar-refractivity contribution is -0.136. The molecule has 3 N–H and O–H groups in total. The predicted molar refractivity (Wildman–Crippen MR) is 73.7 cm³/mol. The third kappa shape index (κ3) is 3.16. The minimum atomic E-state index is -0.378. The second-order valence-corrected chi connectivity index (χ2v) is 6.20. The molecule has 4 nitrogen and oxygen atoms in total. The fraction of sp³-hybridized carbons (Fsp3) is 0.923. The standard InChI is InChI=1S/C13H24N2O2.ClH/c1-12(2)7-10(12)8-15-11(16)13(9-14)3-5-17-6-4-13;/h10H,3-9,14H2,1-2H3,(H,15,16);1H. The van der Waals surface area contributed by atoms with Crippen LogP contribution in [0.4, 0.5) is 0 Å². The first kappa shape index (κ1) is 15.7. The number of hydrogen-bond donors (Lipinski definition) is 2. The number of amides is 1. The van der Waals surface area contributed by atoms with E-state index in [1.807, 2.05) is 0 Å². The van der Waals surface area contributed by atoms with Gasteiger partial charge in [-0.2, -0.15) is 0 Å². The smallest absolute Gasteiger partial charge is 0.227 e. The van der Waals surface area contributed by atoms with Gasteiger partial charge in [0.05, 0.1) is 5.41 Å². The molecule has 1 saturated heterocycles. The molecule has 1 aliphatic carbocycles. The van der Waals surface area contributed by atoms with Crippen molar-refractivity contribution in [2.45, 2.75) is 33.1 Å². The van der Waals surface area contributed by atoms with Gasteiger partial charge in [0, 0.05) is 26.3 Å². The molecule has 2 rings (SSSR count). The van der Waals surface area contributed by atoms with E-state index in [0.29, 0.717) is 31.1 Å². The maximum atomic E-state index is 12.2. The first-order valence-electron chi connectivity index (χ1n) is 6.56. The number of ether oxygens (including phenoxy) is 1. The van der Waals surface area contributed by atoms with Gasteiger partial charge in [0.1, 0.15) is 0 Å². The van der Waals surface area contributed by atoms with Crippen molar-refractivity contribution in [1.29, 1.82) is 0 Å². The van der Waals surface area contributed by atoms with Gasteiger partial charge in [-0.05, 0) is 30.6 Å². The first-order chi connectivity index (χ1) is 8.00. The molecule has 1 amide bonds. The lowest BCUT2D eigenvalue weighted by atomic mass is 9.79. The molecule has 1 unspecified atom stereocenters. The summed E-state index contributed by atoms with van der Waals surface area (Å²) in [5.41, 5.74) is 5.84. The number of halogens is 1. The highest BCUT2D eigenvalue weighted by Gasteiger charge is 2.46. The van der Waals surface area contributed by atoms with Crippen molar-refractivity contribution in [3.8, 4) is 0 Å². The zero-order valence-electron chi connectivity index (χ0n) is 11.3. The Morgan fingerprint density at radius 3 is 2.39 bits per heavy atom. The summed E-state index contributed by atoms with van der Waals surface area (Å²) < 4.78 is 5.31. The third-order valence-corrected chi connectivity index (χ3v) is 4.55. The second kappa shape index (κ2) is 5.76. The Bertz CT molecular complexity index is 301. The fourth-order valence-corrected chi connectivity index (χ4v) is 2.61. The molecule has 1 heterocycles. The van der Waals surface area contributed by atoms with Crippen molar-refractivity contribution in [3.63, 3.8) is 0 Å². The van der Waals surface area contributed by atoms with Crippen LogP contribution in [0.5, 0.6) is 0 Å². The van der Waals surface area contributed by atoms with Crippen molar-refractivity contribution in [2.75, 3.05) is 26.3 Å². The van der Waals surface area contributed by atoms with Gasteiger partial charge in [-0.1, -0.05) is 13.8 Å². The van der Waals surface area contributed by atoms with E-state index in [4.69, 9.17) is 10.5 Å². The SMILES string of the molecule is CC1(C)CC1CNC(=O)C1(CN)CCOCC1.Cl. The summed E-state index contributed by atoms with van der Waals surface area (Å²) in [7, 11) is 0. The molecule has 0 radical (unpaired) electrons. The van der Waals surface area contributed by atoms with E-state index in [2.05, 4.69) is 19.2 Å². The summed E-state index contributed by atoms with van der Waals surface area (Å²) in [5.74, 6) is 0.770. The van der Waals surface area contributed by atoms with E-state index < -0.39 is 0 Å². The monoisotopic (exact) mass is 276 g/mol. The van der Waals surface area contributed by atoms with E-state index in [1.54, 1.807) is 0 Å². The maximum Gasteiger partial charge on any atom is 0.227 e. The van der Waals surface area contributed by atoms with Crippen LogP contribution in [0.1, 0.15) is 33.1 Å². The molecule has 5 heteroatoms. The predicted octanol–water partition coefficient (Wildman–Crippen LogP) is 1.33. The van der Waals surface area contributed by atoms with Crippen LogP contribution in [0.2, 0.25) is 0 Å². The van der Waals surface area contributed by atoms with E-state index in [0.717, 1.165) is 19.4 Å². The van der Waals surface area contributed by atoms with Crippen LogP contribution in [-0.4, -0.2) is 32.2 Å². The summed E-state index contributed by atoms with van der Waals surface area (Å²) >= 11 is 0. The molecule has 2 aliphatic rings. The quantitative estimate of drug-likeness (QED) is 0.814. The number of carbonyl (C=O) groups is 1. The maximum absolute atomic E-state index is 12.2. The average molecular weight is 277 g/mol. The Hall–Kier alpha value is -0.320. The Morgan fingerprint density at radius 1 is 1.39 bits per heavy atom. The van der Waals surface area contributed by atoms with Crippen LogP contribution in [0, 0.1) is 16.7 Å². The van der Waals surface area contributed by atoms with E-state index >= 15 is 0 Å². The Kier molecular flexibility index (Phi) is 5.04. The molecule has 2 fully saturated rings. The summed E-state index contributed by atoms with van der Waals surface area (Å²) in [6, 6.07) is 0. The summed E-state index contributed by atoms with van der Waals surface area (Å²) in [6.07, 6.45) is 2.72. The fourth-order valence-electron chi connectivity index (χ4n) is 2.61. The van der Waals surface area contributed by atoms with Crippen LogP contribution < -0.4 is 11.1 Å². The van der Waals surface area contributed by atoms with Crippen LogP contribution in [-0.2, 0) is 9.53 Å². The van der Waals surface area contributed by atoms with E-state index in [-0.39, 0.29) is 23.7 Å². The molecule has 1 aliphatic heterocycles. The van der Waals surface area contributed by atoms with Crippen molar-refractivity contribution in [2.24, 2.45) is 22.5 Å². The highest BCUT2D eigenvalue weighted by molar-refractivity contribution is 5.85. The molecule has 106 valence electrons. The Labute approximate surface area is 115 Å². The number of hydrogen-bond acceptors (Lipinski definition) is 3. The highest BCUT2D eigenvalue weighted by Crippen LogP contribution is 2.51. The Balaban J connectivity index is 0.00000162. The normalized spacial score (nSPS) is 28.1. The molecule has 0 bridgehead atoms. The second-order valence-electron chi connectivity index (χ2n) is 6.20. The number of rotatable bonds is 4. The summed E-state index contributed by atoms with van der Waals surface area (Å²) in [4.78, 5) is 12.2. The number of nitrogens with two attached hydrogens (primary N) is 1.